The smallest absolute Gasteiger partial charge is 0.413 e. The molecule has 2 spiro atoms. The minimum Gasteiger partial charge on any atom is -0.444 e. The molecule has 1 fully saturated rings. The number of amidine groups is 1. The van der Waals surface area contributed by atoms with Crippen LogP contribution < -0.4 is 5.32 Å². The van der Waals surface area contributed by atoms with Crippen molar-refractivity contribution in [3.8, 4) is 0 Å². The zero-order valence-corrected chi connectivity index (χ0v) is 19.9. The van der Waals surface area contributed by atoms with Gasteiger partial charge < -0.3 is 9.47 Å². The number of hydrogen-bond donors (Lipinski definition) is 1. The van der Waals surface area contributed by atoms with Gasteiger partial charge in [0, 0.05) is 22.6 Å². The van der Waals surface area contributed by atoms with Gasteiger partial charge in [-0.2, -0.15) is 0 Å². The summed E-state index contributed by atoms with van der Waals surface area (Å²) >= 11 is 3.63. The first-order valence-electron chi connectivity index (χ1n) is 10.6. The van der Waals surface area contributed by atoms with E-state index in [0.29, 0.717) is 5.84 Å². The van der Waals surface area contributed by atoms with E-state index in [-0.39, 0.29) is 11.5 Å². The predicted molar refractivity (Wildman–Crippen MR) is 121 cm³/mol. The molecule has 1 saturated carbocycles. The Morgan fingerprint density at radius 2 is 1.93 bits per heavy atom. The molecular weight excluding hydrogens is 446 g/mol. The average Bonchev–Trinajstić information content (AvgIpc) is 3.10. The van der Waals surface area contributed by atoms with E-state index >= 15 is 0 Å². The molecular formula is C23H30BrN3O3. The standard InChI is InChI=1S/C23H30BrN3O3/c1-14-19(25-20(28)30-21(2,3)4)27-23(26-14)18-12-16(24)7-6-15(18)13-22(23)10-8-17(29-5)9-11-22/h6-7,12,17H,8-11,13H2,1-5H3,(H,25,27,28). The Balaban J connectivity index is 1.74. The van der Waals surface area contributed by atoms with Gasteiger partial charge >= 0.3 is 6.09 Å². The van der Waals surface area contributed by atoms with Gasteiger partial charge in [0.05, 0.1) is 11.8 Å². The number of carbonyl (C=O) groups is 1. The van der Waals surface area contributed by atoms with Gasteiger partial charge in [-0.1, -0.05) is 22.0 Å². The first-order chi connectivity index (χ1) is 14.1. The third-order valence-electron chi connectivity index (χ3n) is 6.50. The van der Waals surface area contributed by atoms with Crippen molar-refractivity contribution in [2.45, 2.75) is 77.2 Å². The number of alkyl carbamates (subject to hydrolysis) is 1. The lowest BCUT2D eigenvalue weighted by Crippen LogP contribution is -2.44. The molecule has 1 N–H and O–H groups in total. The van der Waals surface area contributed by atoms with Crippen molar-refractivity contribution in [3.05, 3.63) is 33.8 Å². The Morgan fingerprint density at radius 1 is 1.23 bits per heavy atom. The van der Waals surface area contributed by atoms with Gasteiger partial charge in [-0.3, -0.25) is 10.3 Å². The minimum absolute atomic E-state index is 0.107. The molecule has 0 radical (unpaired) electrons. The fourth-order valence-corrected chi connectivity index (χ4v) is 5.51. The Labute approximate surface area is 186 Å². The molecule has 6 nitrogen and oxygen atoms in total. The molecule has 1 unspecified atom stereocenters. The number of carbonyl (C=O) groups excluding carboxylic acids is 1. The maximum absolute atomic E-state index is 12.4. The molecule has 30 heavy (non-hydrogen) atoms. The normalized spacial score (nSPS) is 30.3. The number of aliphatic imine (C=N–C) groups is 2. The zero-order valence-electron chi connectivity index (χ0n) is 18.3. The number of benzene rings is 1. The summed E-state index contributed by atoms with van der Waals surface area (Å²) in [6, 6.07) is 6.41. The van der Waals surface area contributed by atoms with Crippen LogP contribution >= 0.6 is 15.9 Å². The highest BCUT2D eigenvalue weighted by Crippen LogP contribution is 2.62. The van der Waals surface area contributed by atoms with Crippen LogP contribution in [0.3, 0.4) is 0 Å². The number of hydrogen-bond acceptors (Lipinski definition) is 5. The number of nitrogens with zero attached hydrogens (tertiary/aromatic N) is 2. The Kier molecular flexibility index (Phi) is 5.34. The number of fused-ring (bicyclic) bond motifs is 3. The lowest BCUT2D eigenvalue weighted by molar-refractivity contribution is -0.000426. The van der Waals surface area contributed by atoms with Crippen LogP contribution in [0, 0.1) is 5.41 Å². The summed E-state index contributed by atoms with van der Waals surface area (Å²) in [7, 11) is 1.79. The number of rotatable bonds is 1. The monoisotopic (exact) mass is 475 g/mol. The van der Waals surface area contributed by atoms with Crippen molar-refractivity contribution >= 4 is 33.6 Å². The van der Waals surface area contributed by atoms with Crippen LogP contribution in [0.15, 0.2) is 32.7 Å². The lowest BCUT2D eigenvalue weighted by atomic mass is 9.65. The van der Waals surface area contributed by atoms with Crippen LogP contribution in [-0.4, -0.2) is 36.5 Å². The number of amides is 1. The summed E-state index contributed by atoms with van der Waals surface area (Å²) in [4.78, 5) is 22.7. The molecule has 0 saturated heterocycles. The van der Waals surface area contributed by atoms with Crippen LogP contribution in [0.25, 0.3) is 0 Å². The molecule has 1 aromatic rings. The summed E-state index contributed by atoms with van der Waals surface area (Å²) in [5.74, 6) is 0.505. The second-order valence-electron chi connectivity index (χ2n) is 9.65. The van der Waals surface area contributed by atoms with Gasteiger partial charge in [0.25, 0.3) is 0 Å². The quantitative estimate of drug-likeness (QED) is 0.611. The van der Waals surface area contributed by atoms with Gasteiger partial charge in [-0.15, -0.1) is 0 Å². The van der Waals surface area contributed by atoms with Crippen LogP contribution in [-0.2, 0) is 21.6 Å². The van der Waals surface area contributed by atoms with Gasteiger partial charge in [-0.05, 0) is 77.5 Å². The summed E-state index contributed by atoms with van der Waals surface area (Å²) < 4.78 is 12.1. The topological polar surface area (TPSA) is 72.3 Å². The number of ether oxygens (including phenoxy) is 2. The first kappa shape index (κ1) is 21.5. The Morgan fingerprint density at radius 3 is 2.57 bits per heavy atom. The Hall–Kier alpha value is -1.73. The summed E-state index contributed by atoms with van der Waals surface area (Å²) in [5, 5.41) is 2.85. The highest BCUT2D eigenvalue weighted by Gasteiger charge is 2.61. The number of halogens is 1. The molecule has 2 aliphatic carbocycles. The number of nitrogens with one attached hydrogen (secondary N) is 1. The highest BCUT2D eigenvalue weighted by molar-refractivity contribution is 9.10. The van der Waals surface area contributed by atoms with Crippen molar-refractivity contribution < 1.29 is 14.3 Å². The molecule has 1 aliphatic heterocycles. The van der Waals surface area contributed by atoms with Crippen LogP contribution in [0.5, 0.6) is 0 Å². The molecule has 0 aromatic heterocycles. The van der Waals surface area contributed by atoms with E-state index < -0.39 is 17.4 Å². The molecule has 7 heteroatoms. The Bertz CT molecular complexity index is 926. The second-order valence-corrected chi connectivity index (χ2v) is 10.6. The third-order valence-corrected chi connectivity index (χ3v) is 7.00. The number of methoxy groups -OCH3 is 1. The molecule has 1 aromatic carbocycles. The summed E-state index contributed by atoms with van der Waals surface area (Å²) in [6.45, 7) is 7.45. The van der Waals surface area contributed by atoms with Crippen molar-refractivity contribution in [1.82, 2.24) is 5.32 Å². The van der Waals surface area contributed by atoms with E-state index in [4.69, 9.17) is 19.5 Å². The SMILES string of the molecule is COC1CCC2(CC1)Cc1ccc(Br)cc1C21N=C(C)C(NC(=O)OC(C)(C)C)=N1. The van der Waals surface area contributed by atoms with E-state index in [0.717, 1.165) is 47.9 Å². The van der Waals surface area contributed by atoms with E-state index in [1.54, 1.807) is 7.11 Å². The van der Waals surface area contributed by atoms with E-state index in [2.05, 4.69) is 39.4 Å². The molecule has 162 valence electrons. The summed E-state index contributed by atoms with van der Waals surface area (Å²) in [6.07, 6.45) is 4.68. The molecule has 1 amide bonds. The maximum Gasteiger partial charge on any atom is 0.413 e. The third kappa shape index (κ3) is 3.60. The average molecular weight is 476 g/mol. The van der Waals surface area contributed by atoms with Gasteiger partial charge in [0.1, 0.15) is 5.60 Å². The largest absolute Gasteiger partial charge is 0.444 e. The van der Waals surface area contributed by atoms with Crippen molar-refractivity contribution in [2.24, 2.45) is 15.4 Å². The van der Waals surface area contributed by atoms with Crippen LogP contribution in [0.4, 0.5) is 4.79 Å². The fourth-order valence-electron chi connectivity index (χ4n) is 5.15. The molecule has 0 bridgehead atoms. The van der Waals surface area contributed by atoms with E-state index in [9.17, 15) is 4.79 Å². The van der Waals surface area contributed by atoms with Gasteiger partial charge in [0.15, 0.2) is 11.5 Å². The first-order valence-corrected chi connectivity index (χ1v) is 11.4. The fraction of sp³-hybridized carbons (Fsp3) is 0.609. The lowest BCUT2D eigenvalue weighted by Gasteiger charge is -2.44. The molecule has 1 heterocycles. The zero-order chi connectivity index (χ0) is 21.7. The second kappa shape index (κ2) is 7.45. The van der Waals surface area contributed by atoms with Crippen LogP contribution in [0.1, 0.15) is 64.5 Å². The molecule has 4 rings (SSSR count). The summed E-state index contributed by atoms with van der Waals surface area (Å²) in [5.41, 5.74) is 1.77. The highest BCUT2D eigenvalue weighted by atomic mass is 79.9. The van der Waals surface area contributed by atoms with Crippen LogP contribution in [0.2, 0.25) is 0 Å². The van der Waals surface area contributed by atoms with Gasteiger partial charge in [0.2, 0.25) is 0 Å². The predicted octanol–water partition coefficient (Wildman–Crippen LogP) is 5.13. The maximum atomic E-state index is 12.4. The van der Waals surface area contributed by atoms with E-state index in [1.165, 1.54) is 5.56 Å². The molecule has 3 aliphatic rings. The molecule has 1 atom stereocenters. The minimum atomic E-state index is -0.709. The van der Waals surface area contributed by atoms with Crippen molar-refractivity contribution in [1.29, 1.82) is 0 Å². The van der Waals surface area contributed by atoms with Crippen molar-refractivity contribution in [2.75, 3.05) is 7.11 Å². The van der Waals surface area contributed by atoms with Crippen molar-refractivity contribution in [3.63, 3.8) is 0 Å². The van der Waals surface area contributed by atoms with E-state index in [1.807, 2.05) is 27.7 Å². The van der Waals surface area contributed by atoms with Gasteiger partial charge in [-0.25, -0.2) is 9.79 Å².